The van der Waals surface area contributed by atoms with E-state index in [1.807, 2.05) is 18.3 Å². The molecule has 4 heteroatoms. The van der Waals surface area contributed by atoms with E-state index >= 15 is 0 Å². The molecular formula is C10H14BrN3. The Morgan fingerprint density at radius 1 is 1.21 bits per heavy atom. The van der Waals surface area contributed by atoms with Crippen molar-refractivity contribution in [3.8, 4) is 0 Å². The van der Waals surface area contributed by atoms with Crippen LogP contribution in [0.4, 0.5) is 5.69 Å². The standard InChI is InChI=1S/C10H14BrN3/c11-10-5-4-9(8-12-10)13-14-6-2-1-3-7-14/h4-5,8,13H,1-3,6-7H2. The van der Waals surface area contributed by atoms with Crippen molar-refractivity contribution < 1.29 is 0 Å². The van der Waals surface area contributed by atoms with Crippen LogP contribution >= 0.6 is 15.9 Å². The van der Waals surface area contributed by atoms with Crippen LogP contribution < -0.4 is 5.43 Å². The maximum atomic E-state index is 4.17. The van der Waals surface area contributed by atoms with Gasteiger partial charge >= 0.3 is 0 Å². The molecule has 0 radical (unpaired) electrons. The van der Waals surface area contributed by atoms with Gasteiger partial charge in [-0.15, -0.1) is 0 Å². The summed E-state index contributed by atoms with van der Waals surface area (Å²) >= 11 is 3.32. The number of aromatic nitrogens is 1. The molecule has 1 aliphatic heterocycles. The highest BCUT2D eigenvalue weighted by Crippen LogP contribution is 2.14. The second-order valence-corrected chi connectivity index (χ2v) is 4.34. The first-order valence-corrected chi connectivity index (χ1v) is 5.77. The van der Waals surface area contributed by atoms with Crippen LogP contribution in [-0.4, -0.2) is 23.1 Å². The summed E-state index contributed by atoms with van der Waals surface area (Å²) in [5.74, 6) is 0. The minimum atomic E-state index is 0.877. The number of nitrogens with one attached hydrogen (secondary N) is 1. The first-order valence-electron chi connectivity index (χ1n) is 4.98. The lowest BCUT2D eigenvalue weighted by atomic mass is 10.2. The molecule has 0 atom stereocenters. The molecule has 1 aromatic heterocycles. The summed E-state index contributed by atoms with van der Waals surface area (Å²) in [6.45, 7) is 2.27. The Morgan fingerprint density at radius 3 is 2.64 bits per heavy atom. The van der Waals surface area contributed by atoms with Gasteiger partial charge in [-0.25, -0.2) is 9.99 Å². The normalized spacial score (nSPS) is 18.1. The van der Waals surface area contributed by atoms with Gasteiger partial charge in [0.15, 0.2) is 0 Å². The molecule has 0 unspecified atom stereocenters. The zero-order valence-corrected chi connectivity index (χ0v) is 9.63. The van der Waals surface area contributed by atoms with E-state index in [1.165, 1.54) is 19.3 Å². The molecule has 1 aromatic rings. The Balaban J connectivity index is 1.92. The molecule has 0 aliphatic carbocycles. The van der Waals surface area contributed by atoms with Crippen LogP contribution in [0, 0.1) is 0 Å². The highest BCUT2D eigenvalue weighted by Gasteiger charge is 2.09. The van der Waals surface area contributed by atoms with Crippen LogP contribution in [0.25, 0.3) is 0 Å². The van der Waals surface area contributed by atoms with Crippen molar-refractivity contribution in [3.63, 3.8) is 0 Å². The van der Waals surface area contributed by atoms with Crippen LogP contribution in [0.2, 0.25) is 0 Å². The largest absolute Gasteiger partial charge is 0.317 e. The second-order valence-electron chi connectivity index (χ2n) is 3.53. The summed E-state index contributed by atoms with van der Waals surface area (Å²) < 4.78 is 0.877. The van der Waals surface area contributed by atoms with Crippen LogP contribution in [-0.2, 0) is 0 Å². The zero-order valence-electron chi connectivity index (χ0n) is 8.04. The Labute approximate surface area is 92.6 Å². The van der Waals surface area contributed by atoms with Crippen molar-refractivity contribution in [3.05, 3.63) is 22.9 Å². The van der Waals surface area contributed by atoms with Crippen LogP contribution in [0.3, 0.4) is 0 Å². The molecule has 0 spiro atoms. The maximum absolute atomic E-state index is 4.17. The molecule has 0 bridgehead atoms. The Hall–Kier alpha value is -0.610. The van der Waals surface area contributed by atoms with Crippen molar-refractivity contribution in [2.45, 2.75) is 19.3 Å². The number of nitrogens with zero attached hydrogens (tertiary/aromatic N) is 2. The third-order valence-electron chi connectivity index (χ3n) is 2.37. The van der Waals surface area contributed by atoms with Crippen molar-refractivity contribution in [2.24, 2.45) is 0 Å². The molecule has 3 nitrogen and oxygen atoms in total. The lowest BCUT2D eigenvalue weighted by Crippen LogP contribution is -2.34. The van der Waals surface area contributed by atoms with Gasteiger partial charge in [-0.05, 0) is 40.9 Å². The molecule has 1 saturated heterocycles. The van der Waals surface area contributed by atoms with Gasteiger partial charge in [0, 0.05) is 13.1 Å². The van der Waals surface area contributed by atoms with Crippen LogP contribution in [0.5, 0.6) is 0 Å². The molecule has 0 aromatic carbocycles. The van der Waals surface area contributed by atoms with Crippen molar-refractivity contribution in [1.29, 1.82) is 0 Å². The average Bonchev–Trinajstić information content (AvgIpc) is 2.23. The number of hydrazine groups is 1. The fraction of sp³-hybridized carbons (Fsp3) is 0.500. The van der Waals surface area contributed by atoms with Crippen molar-refractivity contribution >= 4 is 21.6 Å². The van der Waals surface area contributed by atoms with E-state index in [2.05, 4.69) is 31.3 Å². The lowest BCUT2D eigenvalue weighted by Gasteiger charge is -2.27. The maximum Gasteiger partial charge on any atom is 0.106 e. The molecule has 0 saturated carbocycles. The van der Waals surface area contributed by atoms with E-state index in [9.17, 15) is 0 Å². The summed E-state index contributed by atoms with van der Waals surface area (Å²) in [5, 5.41) is 2.26. The van der Waals surface area contributed by atoms with E-state index in [1.54, 1.807) is 0 Å². The summed E-state index contributed by atoms with van der Waals surface area (Å²) in [5.41, 5.74) is 4.42. The summed E-state index contributed by atoms with van der Waals surface area (Å²) in [7, 11) is 0. The van der Waals surface area contributed by atoms with Crippen molar-refractivity contribution in [2.75, 3.05) is 18.5 Å². The first-order chi connectivity index (χ1) is 6.84. The van der Waals surface area contributed by atoms with Gasteiger partial charge in [-0.2, -0.15) is 0 Å². The molecule has 14 heavy (non-hydrogen) atoms. The van der Waals surface area contributed by atoms with E-state index in [0.717, 1.165) is 23.4 Å². The number of hydrogen-bond acceptors (Lipinski definition) is 3. The Morgan fingerprint density at radius 2 is 2.00 bits per heavy atom. The number of hydrogen-bond donors (Lipinski definition) is 1. The zero-order chi connectivity index (χ0) is 9.80. The fourth-order valence-corrected chi connectivity index (χ4v) is 1.86. The summed E-state index contributed by atoms with van der Waals surface area (Å²) in [4.78, 5) is 4.17. The molecule has 2 heterocycles. The SMILES string of the molecule is Brc1ccc(NN2CCCCC2)cn1. The minimum absolute atomic E-state index is 0.877. The number of halogens is 1. The monoisotopic (exact) mass is 255 g/mol. The Kier molecular flexibility index (Phi) is 3.37. The first kappa shape index (κ1) is 9.93. The molecule has 0 amide bonds. The van der Waals surface area contributed by atoms with Crippen LogP contribution in [0.15, 0.2) is 22.9 Å². The summed E-state index contributed by atoms with van der Waals surface area (Å²) in [6.07, 6.45) is 5.78. The van der Waals surface area contributed by atoms with Gasteiger partial charge in [0.25, 0.3) is 0 Å². The molecule has 1 fully saturated rings. The molecular weight excluding hydrogens is 242 g/mol. The Bertz CT molecular complexity index is 280. The topological polar surface area (TPSA) is 28.2 Å². The highest BCUT2D eigenvalue weighted by molar-refractivity contribution is 9.10. The predicted octanol–water partition coefficient (Wildman–Crippen LogP) is 2.66. The number of rotatable bonds is 2. The third kappa shape index (κ3) is 2.69. The van der Waals surface area contributed by atoms with Gasteiger partial charge in [0.1, 0.15) is 4.60 Å². The highest BCUT2D eigenvalue weighted by atomic mass is 79.9. The lowest BCUT2D eigenvalue weighted by molar-refractivity contribution is 0.273. The van der Waals surface area contributed by atoms with E-state index in [0.29, 0.717) is 0 Å². The van der Waals surface area contributed by atoms with E-state index in [4.69, 9.17) is 0 Å². The molecule has 1 aliphatic rings. The van der Waals surface area contributed by atoms with Gasteiger partial charge in [0.05, 0.1) is 11.9 Å². The van der Waals surface area contributed by atoms with Crippen molar-refractivity contribution in [1.82, 2.24) is 9.99 Å². The minimum Gasteiger partial charge on any atom is -0.317 e. The third-order valence-corrected chi connectivity index (χ3v) is 2.84. The van der Waals surface area contributed by atoms with E-state index in [-0.39, 0.29) is 0 Å². The van der Waals surface area contributed by atoms with Gasteiger partial charge in [-0.1, -0.05) is 6.42 Å². The van der Waals surface area contributed by atoms with Gasteiger partial charge < -0.3 is 5.43 Å². The number of pyridine rings is 1. The average molecular weight is 256 g/mol. The number of piperidine rings is 1. The fourth-order valence-electron chi connectivity index (χ4n) is 1.63. The van der Waals surface area contributed by atoms with Gasteiger partial charge in [-0.3, -0.25) is 0 Å². The quantitative estimate of drug-likeness (QED) is 0.824. The second kappa shape index (κ2) is 4.75. The predicted molar refractivity (Wildman–Crippen MR) is 61.0 cm³/mol. The number of anilines is 1. The molecule has 2 rings (SSSR count). The van der Waals surface area contributed by atoms with Crippen LogP contribution in [0.1, 0.15) is 19.3 Å². The van der Waals surface area contributed by atoms with Gasteiger partial charge in [0.2, 0.25) is 0 Å². The van der Waals surface area contributed by atoms with E-state index < -0.39 is 0 Å². The molecule has 76 valence electrons. The molecule has 1 N–H and O–H groups in total. The summed E-state index contributed by atoms with van der Waals surface area (Å²) in [6, 6.07) is 3.98. The smallest absolute Gasteiger partial charge is 0.106 e.